The van der Waals surface area contributed by atoms with Crippen molar-refractivity contribution in [2.75, 3.05) is 18.0 Å². The highest BCUT2D eigenvalue weighted by Crippen LogP contribution is 2.25. The molecule has 3 aromatic rings. The molecular weight excluding hydrogens is 366 g/mol. The smallest absolute Gasteiger partial charge is 0.216 e. The Hall–Kier alpha value is -2.44. The third-order valence-corrected chi connectivity index (χ3v) is 4.70. The second-order valence-electron chi connectivity index (χ2n) is 5.65. The minimum absolute atomic E-state index is 0.413. The van der Waals surface area contributed by atoms with E-state index in [9.17, 15) is 0 Å². The molecule has 2 aromatic carbocycles. The Bertz CT molecular complexity index is 955. The number of aromatic nitrogens is 3. The molecule has 0 aliphatic heterocycles. The van der Waals surface area contributed by atoms with Gasteiger partial charge in [0.1, 0.15) is 0 Å². The van der Waals surface area contributed by atoms with Crippen LogP contribution in [0, 0.1) is 4.77 Å². The summed E-state index contributed by atoms with van der Waals surface area (Å²) in [5.41, 5.74) is 2.95. The topological polar surface area (TPSA) is 49.2 Å². The molecule has 1 N–H and O–H groups in total. The fourth-order valence-electron chi connectivity index (χ4n) is 2.70. The Morgan fingerprint density at radius 2 is 1.85 bits per heavy atom. The molecule has 0 bridgehead atoms. The zero-order valence-electron chi connectivity index (χ0n) is 14.7. The largest absolute Gasteiger partial charge is 0.372 e. The molecule has 0 amide bonds. The summed E-state index contributed by atoms with van der Waals surface area (Å²) in [6.07, 6.45) is 1.76. The van der Waals surface area contributed by atoms with Crippen molar-refractivity contribution in [2.24, 2.45) is 5.10 Å². The molecule has 134 valence electrons. The summed E-state index contributed by atoms with van der Waals surface area (Å²) in [6.45, 7) is 6.26. The van der Waals surface area contributed by atoms with Gasteiger partial charge in [0.15, 0.2) is 5.82 Å². The van der Waals surface area contributed by atoms with E-state index in [1.807, 2.05) is 36.4 Å². The van der Waals surface area contributed by atoms with Gasteiger partial charge >= 0.3 is 0 Å². The van der Waals surface area contributed by atoms with E-state index in [-0.39, 0.29) is 0 Å². The number of aromatic amines is 1. The molecule has 0 aliphatic rings. The molecule has 0 atom stereocenters. The number of halogens is 1. The number of nitrogens with one attached hydrogen (secondary N) is 1. The van der Waals surface area contributed by atoms with Crippen molar-refractivity contribution in [1.82, 2.24) is 14.9 Å². The Kier molecular flexibility index (Phi) is 5.85. The summed E-state index contributed by atoms with van der Waals surface area (Å²) in [6, 6.07) is 15.7. The van der Waals surface area contributed by atoms with Crippen molar-refractivity contribution in [3.05, 3.63) is 63.9 Å². The molecule has 3 rings (SSSR count). The quantitative estimate of drug-likeness (QED) is 0.480. The summed E-state index contributed by atoms with van der Waals surface area (Å²) in [7, 11) is 0. The molecular formula is C19H20ClN5S. The van der Waals surface area contributed by atoms with Crippen molar-refractivity contribution in [1.29, 1.82) is 0 Å². The van der Waals surface area contributed by atoms with E-state index in [0.29, 0.717) is 15.6 Å². The van der Waals surface area contributed by atoms with Gasteiger partial charge in [0, 0.05) is 24.3 Å². The van der Waals surface area contributed by atoms with E-state index in [0.717, 1.165) is 24.2 Å². The molecule has 0 fully saturated rings. The molecule has 0 aliphatic carbocycles. The van der Waals surface area contributed by atoms with Gasteiger partial charge in [0.25, 0.3) is 0 Å². The molecule has 1 heterocycles. The molecule has 7 heteroatoms. The van der Waals surface area contributed by atoms with E-state index in [1.54, 1.807) is 10.9 Å². The Labute approximate surface area is 162 Å². The lowest BCUT2D eigenvalue weighted by Gasteiger charge is -2.20. The summed E-state index contributed by atoms with van der Waals surface area (Å²) in [4.78, 5) is 2.29. The van der Waals surface area contributed by atoms with Crippen LogP contribution in [0.3, 0.4) is 0 Å². The van der Waals surface area contributed by atoms with Crippen LogP contribution in [-0.2, 0) is 0 Å². The highest BCUT2D eigenvalue weighted by atomic mass is 35.5. The third kappa shape index (κ3) is 3.86. The van der Waals surface area contributed by atoms with Crippen LogP contribution in [0.4, 0.5) is 5.69 Å². The van der Waals surface area contributed by atoms with Crippen LogP contribution in [0.2, 0.25) is 5.02 Å². The van der Waals surface area contributed by atoms with Crippen molar-refractivity contribution in [3.63, 3.8) is 0 Å². The van der Waals surface area contributed by atoms with Gasteiger partial charge in [-0.3, -0.25) is 0 Å². The summed E-state index contributed by atoms with van der Waals surface area (Å²) < 4.78 is 1.99. The summed E-state index contributed by atoms with van der Waals surface area (Å²) in [5.74, 6) is 0.580. The predicted molar refractivity (Wildman–Crippen MR) is 111 cm³/mol. The van der Waals surface area contributed by atoms with Crippen LogP contribution in [-0.4, -0.2) is 34.2 Å². The van der Waals surface area contributed by atoms with E-state index >= 15 is 0 Å². The average Bonchev–Trinajstić information content (AvgIpc) is 3.03. The lowest BCUT2D eigenvalue weighted by atomic mass is 10.2. The van der Waals surface area contributed by atoms with Gasteiger partial charge < -0.3 is 4.90 Å². The zero-order valence-corrected chi connectivity index (χ0v) is 16.3. The lowest BCUT2D eigenvalue weighted by Crippen LogP contribution is -2.21. The molecule has 0 spiro atoms. The van der Waals surface area contributed by atoms with Crippen LogP contribution in [0.15, 0.2) is 53.6 Å². The molecule has 1 aromatic heterocycles. The normalized spacial score (nSPS) is 11.2. The number of nitrogens with zero attached hydrogens (tertiary/aromatic N) is 4. The number of rotatable bonds is 6. The monoisotopic (exact) mass is 385 g/mol. The van der Waals surface area contributed by atoms with Crippen molar-refractivity contribution in [2.45, 2.75) is 13.8 Å². The second kappa shape index (κ2) is 8.29. The van der Waals surface area contributed by atoms with E-state index in [2.05, 4.69) is 46.2 Å². The molecule has 0 radical (unpaired) electrons. The minimum Gasteiger partial charge on any atom is -0.372 e. The van der Waals surface area contributed by atoms with Gasteiger partial charge in [-0.05, 0) is 55.9 Å². The van der Waals surface area contributed by atoms with Crippen molar-refractivity contribution < 1.29 is 0 Å². The SMILES string of the molecule is CCN(CC)c1ccc(/C=N\n2c(-c3ccccc3Cl)n[nH]c2=S)cc1. The number of hydrogen-bond acceptors (Lipinski definition) is 4. The van der Waals surface area contributed by atoms with Gasteiger partial charge in [-0.2, -0.15) is 14.9 Å². The molecule has 0 saturated heterocycles. The number of anilines is 1. The average molecular weight is 386 g/mol. The maximum absolute atomic E-state index is 6.27. The van der Waals surface area contributed by atoms with Gasteiger partial charge in [0.05, 0.1) is 11.2 Å². The van der Waals surface area contributed by atoms with Crippen LogP contribution >= 0.6 is 23.8 Å². The van der Waals surface area contributed by atoms with Crippen LogP contribution in [0.1, 0.15) is 19.4 Å². The number of benzene rings is 2. The Morgan fingerprint density at radius 1 is 1.15 bits per heavy atom. The van der Waals surface area contributed by atoms with Crippen molar-refractivity contribution >= 4 is 35.7 Å². The second-order valence-corrected chi connectivity index (χ2v) is 6.45. The summed E-state index contributed by atoms with van der Waals surface area (Å²) >= 11 is 11.6. The maximum atomic E-state index is 6.27. The van der Waals surface area contributed by atoms with Gasteiger partial charge in [0.2, 0.25) is 4.77 Å². The lowest BCUT2D eigenvalue weighted by molar-refractivity contribution is 0.865. The highest BCUT2D eigenvalue weighted by molar-refractivity contribution is 7.71. The van der Waals surface area contributed by atoms with Gasteiger partial charge in [-0.15, -0.1) is 0 Å². The van der Waals surface area contributed by atoms with Crippen molar-refractivity contribution in [3.8, 4) is 11.4 Å². The molecule has 5 nitrogen and oxygen atoms in total. The predicted octanol–water partition coefficient (Wildman–Crippen LogP) is 4.99. The van der Waals surface area contributed by atoms with E-state index in [1.165, 1.54) is 5.69 Å². The third-order valence-electron chi connectivity index (χ3n) is 4.11. The standard InChI is InChI=1S/C19H20ClN5S/c1-3-24(4-2)15-11-9-14(10-12-15)13-21-25-18(22-23-19(25)26)16-7-5-6-8-17(16)20/h5-13H,3-4H2,1-2H3,(H,23,26)/b21-13-. The number of H-pyrrole nitrogens is 1. The molecule has 0 saturated carbocycles. The highest BCUT2D eigenvalue weighted by Gasteiger charge is 2.11. The Balaban J connectivity index is 1.89. The fourth-order valence-corrected chi connectivity index (χ4v) is 3.10. The number of hydrogen-bond donors (Lipinski definition) is 1. The first kappa shape index (κ1) is 18.4. The van der Waals surface area contributed by atoms with E-state index < -0.39 is 0 Å². The van der Waals surface area contributed by atoms with Gasteiger partial charge in [-0.25, -0.2) is 5.10 Å². The Morgan fingerprint density at radius 3 is 2.50 bits per heavy atom. The molecule has 0 unspecified atom stereocenters. The first-order chi connectivity index (χ1) is 12.6. The fraction of sp³-hybridized carbons (Fsp3) is 0.211. The van der Waals surface area contributed by atoms with Crippen LogP contribution < -0.4 is 4.90 Å². The van der Waals surface area contributed by atoms with Crippen LogP contribution in [0.5, 0.6) is 0 Å². The summed E-state index contributed by atoms with van der Waals surface area (Å²) in [5, 5.41) is 12.1. The molecule has 26 heavy (non-hydrogen) atoms. The first-order valence-electron chi connectivity index (χ1n) is 8.45. The van der Waals surface area contributed by atoms with Gasteiger partial charge in [-0.1, -0.05) is 35.9 Å². The first-order valence-corrected chi connectivity index (χ1v) is 9.24. The minimum atomic E-state index is 0.413. The zero-order chi connectivity index (χ0) is 18.5. The van der Waals surface area contributed by atoms with Crippen LogP contribution in [0.25, 0.3) is 11.4 Å². The van der Waals surface area contributed by atoms with E-state index in [4.69, 9.17) is 23.8 Å². The maximum Gasteiger partial charge on any atom is 0.216 e.